The van der Waals surface area contributed by atoms with E-state index in [1.165, 1.54) is 22.2 Å². The first-order valence-corrected chi connectivity index (χ1v) is 4.77. The van der Waals surface area contributed by atoms with Gasteiger partial charge in [0.2, 0.25) is 0 Å². The smallest absolute Gasteiger partial charge is 0.128 e. The predicted molar refractivity (Wildman–Crippen MR) is 55.4 cm³/mol. The molecule has 3 rings (SSSR count). The van der Waals surface area contributed by atoms with E-state index in [1.54, 1.807) is 7.11 Å². The van der Waals surface area contributed by atoms with Gasteiger partial charge < -0.3 is 15.0 Å². The number of nitrogens with one attached hydrogen (secondary N) is 2. The molecule has 0 radical (unpaired) electrons. The van der Waals surface area contributed by atoms with E-state index in [4.69, 9.17) is 4.74 Å². The first-order chi connectivity index (χ1) is 6.90. The minimum atomic E-state index is 0.938. The summed E-state index contributed by atoms with van der Waals surface area (Å²) in [6, 6.07) is 6.12. The first kappa shape index (κ1) is 7.88. The molecule has 0 saturated carbocycles. The summed E-state index contributed by atoms with van der Waals surface area (Å²) < 4.78 is 5.36. The SMILES string of the molecule is COc1cccc2[nH]c3c(c12)CNC3. The summed E-state index contributed by atoms with van der Waals surface area (Å²) in [4.78, 5) is 3.41. The highest BCUT2D eigenvalue weighted by molar-refractivity contribution is 5.90. The van der Waals surface area contributed by atoms with Gasteiger partial charge in [0.1, 0.15) is 5.75 Å². The van der Waals surface area contributed by atoms with Crippen molar-refractivity contribution in [2.75, 3.05) is 7.11 Å². The van der Waals surface area contributed by atoms with E-state index in [9.17, 15) is 0 Å². The number of methoxy groups -OCH3 is 1. The minimum absolute atomic E-state index is 0.938. The average Bonchev–Trinajstić information content (AvgIpc) is 2.75. The Bertz CT molecular complexity index is 487. The molecule has 1 aromatic heterocycles. The molecule has 2 aromatic rings. The number of hydrogen-bond donors (Lipinski definition) is 2. The summed E-state index contributed by atoms with van der Waals surface area (Å²) >= 11 is 0. The molecule has 0 saturated heterocycles. The number of fused-ring (bicyclic) bond motifs is 3. The predicted octanol–water partition coefficient (Wildman–Crippen LogP) is 1.78. The molecular weight excluding hydrogens is 176 g/mol. The molecule has 0 unspecified atom stereocenters. The number of H-pyrrole nitrogens is 1. The Balaban J connectivity index is 2.39. The second-order valence-electron chi connectivity index (χ2n) is 3.57. The van der Waals surface area contributed by atoms with Crippen LogP contribution in [0, 0.1) is 0 Å². The molecule has 0 fully saturated rings. The van der Waals surface area contributed by atoms with E-state index >= 15 is 0 Å². The van der Waals surface area contributed by atoms with Crippen LogP contribution in [0.15, 0.2) is 18.2 Å². The van der Waals surface area contributed by atoms with Crippen molar-refractivity contribution in [2.45, 2.75) is 13.1 Å². The Morgan fingerprint density at radius 2 is 2.21 bits per heavy atom. The van der Waals surface area contributed by atoms with Crippen molar-refractivity contribution in [1.29, 1.82) is 0 Å². The molecule has 2 N–H and O–H groups in total. The van der Waals surface area contributed by atoms with E-state index in [1.807, 2.05) is 12.1 Å². The highest BCUT2D eigenvalue weighted by Crippen LogP contribution is 2.32. The third-order valence-electron chi connectivity index (χ3n) is 2.80. The molecule has 14 heavy (non-hydrogen) atoms. The number of aromatic amines is 1. The Hall–Kier alpha value is -1.48. The van der Waals surface area contributed by atoms with Gasteiger partial charge in [-0.15, -0.1) is 0 Å². The lowest BCUT2D eigenvalue weighted by molar-refractivity contribution is 0.419. The lowest BCUT2D eigenvalue weighted by atomic mass is 10.1. The maximum Gasteiger partial charge on any atom is 0.128 e. The Labute approximate surface area is 82.1 Å². The van der Waals surface area contributed by atoms with Gasteiger partial charge in [-0.25, -0.2) is 0 Å². The third kappa shape index (κ3) is 0.902. The van der Waals surface area contributed by atoms with Crippen LogP contribution in [0.4, 0.5) is 0 Å². The molecule has 2 heterocycles. The molecule has 0 amide bonds. The van der Waals surface area contributed by atoms with Gasteiger partial charge in [0, 0.05) is 29.7 Å². The number of aromatic nitrogens is 1. The van der Waals surface area contributed by atoms with Crippen LogP contribution in [0.5, 0.6) is 5.75 Å². The molecule has 72 valence electrons. The van der Waals surface area contributed by atoms with Crippen molar-refractivity contribution in [3.63, 3.8) is 0 Å². The van der Waals surface area contributed by atoms with Gasteiger partial charge in [0.05, 0.1) is 7.11 Å². The Kier molecular flexibility index (Phi) is 1.55. The van der Waals surface area contributed by atoms with Crippen LogP contribution < -0.4 is 10.1 Å². The van der Waals surface area contributed by atoms with Gasteiger partial charge in [-0.3, -0.25) is 0 Å². The van der Waals surface area contributed by atoms with Crippen molar-refractivity contribution in [3.8, 4) is 5.75 Å². The van der Waals surface area contributed by atoms with Gasteiger partial charge >= 0.3 is 0 Å². The van der Waals surface area contributed by atoms with Crippen molar-refractivity contribution in [2.24, 2.45) is 0 Å². The Morgan fingerprint density at radius 1 is 1.29 bits per heavy atom. The Morgan fingerprint density at radius 3 is 3.07 bits per heavy atom. The number of benzene rings is 1. The molecule has 3 heteroatoms. The summed E-state index contributed by atoms with van der Waals surface area (Å²) in [5.41, 5.74) is 3.83. The number of rotatable bonds is 1. The lowest BCUT2D eigenvalue weighted by Gasteiger charge is -2.02. The molecule has 0 aliphatic carbocycles. The topological polar surface area (TPSA) is 37.0 Å². The molecule has 1 aliphatic rings. The molecule has 0 spiro atoms. The third-order valence-corrected chi connectivity index (χ3v) is 2.80. The van der Waals surface area contributed by atoms with Crippen LogP contribution in [-0.4, -0.2) is 12.1 Å². The highest BCUT2D eigenvalue weighted by Gasteiger charge is 2.18. The second-order valence-corrected chi connectivity index (χ2v) is 3.57. The lowest BCUT2D eigenvalue weighted by Crippen LogP contribution is -2.02. The number of ether oxygens (including phenoxy) is 1. The molecule has 0 bridgehead atoms. The van der Waals surface area contributed by atoms with E-state index in [0.717, 1.165) is 18.8 Å². The zero-order chi connectivity index (χ0) is 9.54. The largest absolute Gasteiger partial charge is 0.496 e. The zero-order valence-corrected chi connectivity index (χ0v) is 8.05. The van der Waals surface area contributed by atoms with Gasteiger partial charge in [0.15, 0.2) is 0 Å². The van der Waals surface area contributed by atoms with E-state index in [2.05, 4.69) is 16.4 Å². The zero-order valence-electron chi connectivity index (χ0n) is 8.05. The van der Waals surface area contributed by atoms with Crippen LogP contribution in [0.25, 0.3) is 10.9 Å². The fraction of sp³-hybridized carbons (Fsp3) is 0.273. The number of hydrogen-bond acceptors (Lipinski definition) is 2. The van der Waals surface area contributed by atoms with Crippen LogP contribution in [0.2, 0.25) is 0 Å². The molecule has 1 aliphatic heterocycles. The summed E-state index contributed by atoms with van der Waals surface area (Å²) in [6.45, 7) is 1.88. The van der Waals surface area contributed by atoms with Crippen molar-refractivity contribution < 1.29 is 4.74 Å². The molecule has 1 aromatic carbocycles. The molecule has 3 nitrogen and oxygen atoms in total. The monoisotopic (exact) mass is 188 g/mol. The molecule has 0 atom stereocenters. The van der Waals surface area contributed by atoms with Crippen LogP contribution in [-0.2, 0) is 13.1 Å². The van der Waals surface area contributed by atoms with Gasteiger partial charge in [-0.05, 0) is 17.7 Å². The normalized spacial score (nSPS) is 14.6. The van der Waals surface area contributed by atoms with Gasteiger partial charge in [0.25, 0.3) is 0 Å². The quantitative estimate of drug-likeness (QED) is 0.715. The van der Waals surface area contributed by atoms with Gasteiger partial charge in [-0.2, -0.15) is 0 Å². The maximum atomic E-state index is 5.36. The van der Waals surface area contributed by atoms with E-state index in [-0.39, 0.29) is 0 Å². The van der Waals surface area contributed by atoms with E-state index < -0.39 is 0 Å². The summed E-state index contributed by atoms with van der Waals surface area (Å²) in [5, 5.41) is 4.56. The fourth-order valence-corrected chi connectivity index (χ4v) is 2.16. The van der Waals surface area contributed by atoms with Crippen LogP contribution >= 0.6 is 0 Å². The first-order valence-electron chi connectivity index (χ1n) is 4.77. The van der Waals surface area contributed by atoms with Gasteiger partial charge in [-0.1, -0.05) is 6.07 Å². The molecular formula is C11H12N2O. The standard InChI is InChI=1S/C11H12N2O/c1-14-10-4-2-3-8-11(10)7-5-12-6-9(7)13-8/h2-4,12-13H,5-6H2,1H3. The fourth-order valence-electron chi connectivity index (χ4n) is 2.16. The summed E-state index contributed by atoms with van der Waals surface area (Å²) in [6.07, 6.45) is 0. The summed E-state index contributed by atoms with van der Waals surface area (Å²) in [5.74, 6) is 0.962. The van der Waals surface area contributed by atoms with Crippen molar-refractivity contribution in [1.82, 2.24) is 10.3 Å². The van der Waals surface area contributed by atoms with Crippen LogP contribution in [0.1, 0.15) is 11.3 Å². The van der Waals surface area contributed by atoms with Crippen molar-refractivity contribution >= 4 is 10.9 Å². The van der Waals surface area contributed by atoms with E-state index in [0.29, 0.717) is 0 Å². The van der Waals surface area contributed by atoms with Crippen molar-refractivity contribution in [3.05, 3.63) is 29.5 Å². The summed E-state index contributed by atoms with van der Waals surface area (Å²) in [7, 11) is 1.72. The highest BCUT2D eigenvalue weighted by atomic mass is 16.5. The maximum absolute atomic E-state index is 5.36. The van der Waals surface area contributed by atoms with Crippen LogP contribution in [0.3, 0.4) is 0 Å². The second kappa shape index (κ2) is 2.75. The average molecular weight is 188 g/mol. The minimum Gasteiger partial charge on any atom is -0.496 e.